The van der Waals surface area contributed by atoms with Gasteiger partial charge >= 0.3 is 13.8 Å². The summed E-state index contributed by atoms with van der Waals surface area (Å²) in [7, 11) is -4.84. The Labute approximate surface area is 237 Å². The van der Waals surface area contributed by atoms with E-state index >= 15 is 0 Å². The van der Waals surface area contributed by atoms with E-state index in [0.29, 0.717) is 5.02 Å². The lowest BCUT2D eigenvalue weighted by molar-refractivity contribution is -0.169. The smallest absolute Gasteiger partial charge is 0.457 e. The lowest BCUT2D eigenvalue weighted by Crippen LogP contribution is -2.29. The molecule has 0 aliphatic carbocycles. The molecular formula is C24H27ClN5O10P. The van der Waals surface area contributed by atoms with E-state index < -0.39 is 38.0 Å². The minimum atomic E-state index is -4.84. The predicted molar refractivity (Wildman–Crippen MR) is 143 cm³/mol. The molecule has 15 nitrogen and oxygen atoms in total. The number of carbonyl (C=O) groups is 3. The maximum Gasteiger partial charge on any atom is 0.529 e. The van der Waals surface area contributed by atoms with E-state index in [4.69, 9.17) is 30.1 Å². The highest BCUT2D eigenvalue weighted by Gasteiger charge is 2.45. The molecule has 1 aliphatic rings. The van der Waals surface area contributed by atoms with Crippen molar-refractivity contribution < 1.29 is 42.4 Å². The number of nitrogens with one attached hydrogen (secondary N) is 2. The summed E-state index contributed by atoms with van der Waals surface area (Å²) in [6.07, 6.45) is -3.06. The first kappa shape index (κ1) is 30.3. The summed E-state index contributed by atoms with van der Waals surface area (Å²) in [5, 5.41) is 2.88. The third-order valence-corrected chi connectivity index (χ3v) is 6.94. The third-order valence-electron chi connectivity index (χ3n) is 5.77. The lowest BCUT2D eigenvalue weighted by Gasteiger charge is -2.21. The number of phosphoric ester groups is 1. The van der Waals surface area contributed by atoms with E-state index in [1.807, 2.05) is 0 Å². The Bertz CT molecular complexity index is 1560. The molecule has 1 saturated heterocycles. The average molecular weight is 612 g/mol. The summed E-state index contributed by atoms with van der Waals surface area (Å²) in [6, 6.07) is 5.58. The second-order valence-corrected chi connectivity index (χ2v) is 11.2. The van der Waals surface area contributed by atoms with Crippen LogP contribution in [0.15, 0.2) is 35.4 Å². The number of phosphoric acid groups is 1. The van der Waals surface area contributed by atoms with Crippen LogP contribution in [-0.2, 0) is 32.9 Å². The van der Waals surface area contributed by atoms with Gasteiger partial charge in [-0.05, 0) is 31.2 Å². The number of ketones is 1. The zero-order valence-electron chi connectivity index (χ0n) is 22.1. The number of ether oxygens (including phenoxy) is 2. The number of nitrogens with zero attached hydrogens (tertiary/aromatic N) is 3. The van der Waals surface area contributed by atoms with Crippen LogP contribution in [0.25, 0.3) is 11.2 Å². The van der Waals surface area contributed by atoms with Crippen LogP contribution in [0.3, 0.4) is 0 Å². The van der Waals surface area contributed by atoms with Crippen molar-refractivity contribution >= 4 is 54.2 Å². The Balaban J connectivity index is 1.60. The minimum absolute atomic E-state index is 0.0182. The number of fused-ring (bicyclic) bond motifs is 1. The van der Waals surface area contributed by atoms with Gasteiger partial charge in [0, 0.05) is 23.8 Å². The summed E-state index contributed by atoms with van der Waals surface area (Å²) >= 11 is 5.83. The molecule has 1 aliphatic heterocycles. The van der Waals surface area contributed by atoms with Crippen molar-refractivity contribution in [2.75, 3.05) is 5.32 Å². The monoisotopic (exact) mass is 611 g/mol. The number of rotatable bonds is 11. The highest BCUT2D eigenvalue weighted by Crippen LogP contribution is 2.48. The molecular weight excluding hydrogens is 585 g/mol. The first-order valence-electron chi connectivity index (χ1n) is 12.4. The summed E-state index contributed by atoms with van der Waals surface area (Å²) in [4.78, 5) is 69.6. The molecule has 2 aromatic heterocycles. The van der Waals surface area contributed by atoms with Crippen molar-refractivity contribution in [3.63, 3.8) is 0 Å². The van der Waals surface area contributed by atoms with Gasteiger partial charge in [0.15, 0.2) is 17.3 Å². The molecule has 1 fully saturated rings. The maximum atomic E-state index is 12.8. The summed E-state index contributed by atoms with van der Waals surface area (Å²) in [5.74, 6) is -1.92. The SMILES string of the molecule is CC(=O)CCC(=O)O[C@H]1C[C@H](n2cnc3c(=O)[nH]c(NC(=O)C(C)C)nc32)O[C@H]1OP(=O)(O)Oc1ccc(Cl)cc1. The molecule has 3 aromatic rings. The van der Waals surface area contributed by atoms with Gasteiger partial charge in [-0.15, -0.1) is 0 Å². The van der Waals surface area contributed by atoms with Crippen LogP contribution in [0.5, 0.6) is 5.75 Å². The van der Waals surface area contributed by atoms with E-state index in [1.54, 1.807) is 13.8 Å². The zero-order chi connectivity index (χ0) is 29.9. The van der Waals surface area contributed by atoms with Crippen LogP contribution in [0.4, 0.5) is 5.95 Å². The topological polar surface area (TPSA) is 201 Å². The molecule has 0 spiro atoms. The molecule has 3 heterocycles. The Morgan fingerprint density at radius 1 is 1.27 bits per heavy atom. The number of imidazole rings is 1. The largest absolute Gasteiger partial charge is 0.529 e. The highest BCUT2D eigenvalue weighted by atomic mass is 35.5. The molecule has 4 atom stereocenters. The molecule has 220 valence electrons. The van der Waals surface area contributed by atoms with Gasteiger partial charge in [-0.3, -0.25) is 34.1 Å². The number of hydrogen-bond acceptors (Lipinski definition) is 11. The maximum absolute atomic E-state index is 12.8. The minimum Gasteiger partial charge on any atom is -0.457 e. The number of Topliss-reactive ketones (excluding diaryl/α,β-unsaturated/α-hetero) is 1. The van der Waals surface area contributed by atoms with Gasteiger partial charge in [-0.2, -0.15) is 4.98 Å². The fourth-order valence-electron chi connectivity index (χ4n) is 3.73. The number of hydrogen-bond donors (Lipinski definition) is 3. The zero-order valence-corrected chi connectivity index (χ0v) is 23.8. The van der Waals surface area contributed by atoms with Gasteiger partial charge in [0.25, 0.3) is 5.56 Å². The van der Waals surface area contributed by atoms with Gasteiger partial charge < -0.3 is 18.8 Å². The van der Waals surface area contributed by atoms with Gasteiger partial charge in [0.05, 0.1) is 12.7 Å². The number of esters is 1. The highest BCUT2D eigenvalue weighted by molar-refractivity contribution is 7.47. The van der Waals surface area contributed by atoms with Crippen LogP contribution >= 0.6 is 19.4 Å². The number of carbonyl (C=O) groups excluding carboxylic acids is 3. The fourth-order valence-corrected chi connectivity index (χ4v) is 4.73. The Hall–Kier alpha value is -3.62. The van der Waals surface area contributed by atoms with Crippen LogP contribution < -0.4 is 15.4 Å². The van der Waals surface area contributed by atoms with Crippen molar-refractivity contribution in [3.8, 4) is 5.75 Å². The van der Waals surface area contributed by atoms with Crippen LogP contribution in [-0.4, -0.2) is 54.5 Å². The summed E-state index contributed by atoms with van der Waals surface area (Å²) in [6.45, 7) is 4.65. The second kappa shape index (κ2) is 12.5. The number of aromatic nitrogens is 4. The number of H-pyrrole nitrogens is 1. The summed E-state index contributed by atoms with van der Waals surface area (Å²) in [5.41, 5.74) is -0.693. The molecule has 1 unspecified atom stereocenters. The van der Waals surface area contributed by atoms with E-state index in [2.05, 4.69) is 20.3 Å². The second-order valence-electron chi connectivity index (χ2n) is 9.43. The van der Waals surface area contributed by atoms with Crippen molar-refractivity contribution in [2.24, 2.45) is 5.92 Å². The van der Waals surface area contributed by atoms with Gasteiger partial charge in [-0.25, -0.2) is 14.1 Å². The van der Waals surface area contributed by atoms with Crippen molar-refractivity contribution in [2.45, 2.75) is 58.7 Å². The predicted octanol–water partition coefficient (Wildman–Crippen LogP) is 3.09. The molecule has 4 rings (SSSR count). The van der Waals surface area contributed by atoms with E-state index in [1.165, 1.54) is 42.1 Å². The van der Waals surface area contributed by atoms with Crippen molar-refractivity contribution in [3.05, 3.63) is 46.0 Å². The Kier molecular flexibility index (Phi) is 9.24. The number of aromatic amines is 1. The Morgan fingerprint density at radius 2 is 1.98 bits per heavy atom. The molecule has 0 saturated carbocycles. The van der Waals surface area contributed by atoms with Crippen LogP contribution in [0, 0.1) is 5.92 Å². The number of amides is 1. The Morgan fingerprint density at radius 3 is 2.63 bits per heavy atom. The number of benzene rings is 1. The molecule has 0 bridgehead atoms. The van der Waals surface area contributed by atoms with Crippen molar-refractivity contribution in [1.82, 2.24) is 19.5 Å². The molecule has 17 heteroatoms. The van der Waals surface area contributed by atoms with Gasteiger partial charge in [0.1, 0.15) is 17.8 Å². The van der Waals surface area contributed by atoms with Crippen LogP contribution in [0.1, 0.15) is 46.3 Å². The first-order valence-corrected chi connectivity index (χ1v) is 14.3. The third kappa shape index (κ3) is 7.77. The average Bonchev–Trinajstić information content (AvgIpc) is 3.47. The van der Waals surface area contributed by atoms with Gasteiger partial charge in [0.2, 0.25) is 18.1 Å². The normalized spacial score (nSPS) is 20.1. The van der Waals surface area contributed by atoms with Crippen LogP contribution in [0.2, 0.25) is 5.02 Å². The lowest BCUT2D eigenvalue weighted by atomic mass is 10.2. The quantitative estimate of drug-likeness (QED) is 0.212. The molecule has 1 aromatic carbocycles. The van der Waals surface area contributed by atoms with E-state index in [-0.39, 0.29) is 59.7 Å². The molecule has 3 N–H and O–H groups in total. The van der Waals surface area contributed by atoms with E-state index in [0.717, 1.165) is 0 Å². The van der Waals surface area contributed by atoms with E-state index in [9.17, 15) is 28.6 Å². The van der Waals surface area contributed by atoms with Crippen molar-refractivity contribution in [1.29, 1.82) is 0 Å². The molecule has 41 heavy (non-hydrogen) atoms. The standard InChI is InChI=1S/C24H27ClN5O10P/c1-12(2)21(33)28-24-27-20-19(22(34)29-24)26-11-30(20)17-10-16(37-18(32)9-4-13(3)31)23(38-17)40-41(35,36)39-15-7-5-14(25)6-8-15/h5-8,11-12,16-17,23H,4,9-10H2,1-3H3,(H,35,36)(H2,27,28,29,33,34)/t16-,17+,23-/m0/s1. The fraction of sp³-hybridized carbons (Fsp3) is 0.417. The number of anilines is 1. The summed E-state index contributed by atoms with van der Waals surface area (Å²) < 4.78 is 35.7. The first-order chi connectivity index (χ1) is 19.3. The molecule has 1 amide bonds. The molecule has 0 radical (unpaired) electrons. The van der Waals surface area contributed by atoms with Gasteiger partial charge in [-0.1, -0.05) is 25.4 Å². The number of halogens is 1.